The molecule has 1 fully saturated rings. The monoisotopic (exact) mass is 312 g/mol. The molecule has 0 spiro atoms. The van der Waals surface area contributed by atoms with Gasteiger partial charge in [-0.25, -0.2) is 0 Å². The molecule has 0 amide bonds. The minimum Gasteiger partial charge on any atom is -0.496 e. The van der Waals surface area contributed by atoms with Gasteiger partial charge in [-0.15, -0.1) is 0 Å². The number of benzene rings is 1. The molecular weight excluding hydrogens is 292 g/mol. The van der Waals surface area contributed by atoms with E-state index in [0.717, 1.165) is 35.9 Å². The molecule has 1 aliphatic carbocycles. The lowest BCUT2D eigenvalue weighted by Gasteiger charge is -2.18. The third-order valence-corrected chi connectivity index (χ3v) is 4.25. The number of ether oxygens (including phenoxy) is 1. The predicted molar refractivity (Wildman–Crippen MR) is 77.0 cm³/mol. The van der Waals surface area contributed by atoms with Crippen LogP contribution in [0, 0.1) is 5.92 Å². The van der Waals surface area contributed by atoms with Crippen LogP contribution in [-0.2, 0) is 6.42 Å². The van der Waals surface area contributed by atoms with Crippen LogP contribution >= 0.6 is 15.9 Å². The Balaban J connectivity index is 2.09. The van der Waals surface area contributed by atoms with Crippen LogP contribution in [0.2, 0.25) is 0 Å². The molecule has 2 atom stereocenters. The molecule has 0 aliphatic heterocycles. The first-order valence-electron chi connectivity index (χ1n) is 6.69. The van der Waals surface area contributed by atoms with Crippen LogP contribution in [0.3, 0.4) is 0 Å². The molecule has 1 aromatic rings. The van der Waals surface area contributed by atoms with E-state index in [1.54, 1.807) is 7.11 Å². The SMILES string of the molecule is COc1ccc(Br)cc1CC1CCCCC(O)C1. The van der Waals surface area contributed by atoms with E-state index in [0.29, 0.717) is 5.92 Å². The van der Waals surface area contributed by atoms with Gasteiger partial charge in [0.15, 0.2) is 0 Å². The van der Waals surface area contributed by atoms with Crippen molar-refractivity contribution in [1.29, 1.82) is 0 Å². The van der Waals surface area contributed by atoms with Gasteiger partial charge in [-0.2, -0.15) is 0 Å². The van der Waals surface area contributed by atoms with E-state index in [2.05, 4.69) is 22.0 Å². The van der Waals surface area contributed by atoms with Gasteiger partial charge in [0.2, 0.25) is 0 Å². The maximum Gasteiger partial charge on any atom is 0.122 e. The van der Waals surface area contributed by atoms with Crippen LogP contribution < -0.4 is 4.74 Å². The van der Waals surface area contributed by atoms with Crippen LogP contribution in [0.1, 0.15) is 37.7 Å². The fraction of sp³-hybridized carbons (Fsp3) is 0.600. The van der Waals surface area contributed by atoms with E-state index in [-0.39, 0.29) is 6.10 Å². The first kappa shape index (κ1) is 13.9. The fourth-order valence-corrected chi connectivity index (χ4v) is 3.25. The van der Waals surface area contributed by atoms with Gasteiger partial charge in [0.05, 0.1) is 13.2 Å². The van der Waals surface area contributed by atoms with E-state index < -0.39 is 0 Å². The van der Waals surface area contributed by atoms with Crippen molar-refractivity contribution < 1.29 is 9.84 Å². The maximum atomic E-state index is 9.88. The highest BCUT2D eigenvalue weighted by molar-refractivity contribution is 9.10. The summed E-state index contributed by atoms with van der Waals surface area (Å²) in [6.07, 6.45) is 6.38. The highest BCUT2D eigenvalue weighted by Gasteiger charge is 2.20. The lowest BCUT2D eigenvalue weighted by molar-refractivity contribution is 0.141. The van der Waals surface area contributed by atoms with Gasteiger partial charge in [-0.1, -0.05) is 35.2 Å². The van der Waals surface area contributed by atoms with E-state index >= 15 is 0 Å². The highest BCUT2D eigenvalue weighted by atomic mass is 79.9. The Kier molecular flexibility index (Phi) is 5.07. The number of hydrogen-bond acceptors (Lipinski definition) is 2. The van der Waals surface area contributed by atoms with Crippen molar-refractivity contribution >= 4 is 15.9 Å². The molecule has 100 valence electrons. The first-order chi connectivity index (χ1) is 8.69. The summed E-state index contributed by atoms with van der Waals surface area (Å²) < 4.78 is 6.51. The molecule has 1 aliphatic rings. The van der Waals surface area contributed by atoms with Crippen molar-refractivity contribution in [2.24, 2.45) is 5.92 Å². The Morgan fingerprint density at radius 1 is 1.33 bits per heavy atom. The minimum atomic E-state index is -0.115. The summed E-state index contributed by atoms with van der Waals surface area (Å²) in [7, 11) is 1.72. The molecule has 2 nitrogen and oxygen atoms in total. The molecule has 1 N–H and O–H groups in total. The van der Waals surface area contributed by atoms with E-state index in [1.807, 2.05) is 12.1 Å². The Hall–Kier alpha value is -0.540. The maximum absolute atomic E-state index is 9.88. The fourth-order valence-electron chi connectivity index (χ4n) is 2.84. The molecule has 0 bridgehead atoms. The lowest BCUT2D eigenvalue weighted by Crippen LogP contribution is -2.13. The summed E-state index contributed by atoms with van der Waals surface area (Å²) >= 11 is 3.51. The number of rotatable bonds is 3. The number of halogens is 1. The van der Waals surface area contributed by atoms with Gasteiger partial charge < -0.3 is 9.84 Å². The topological polar surface area (TPSA) is 29.5 Å². The van der Waals surface area contributed by atoms with Crippen molar-refractivity contribution in [3.8, 4) is 5.75 Å². The summed E-state index contributed by atoms with van der Waals surface area (Å²) in [5.74, 6) is 1.53. The van der Waals surface area contributed by atoms with Gasteiger partial charge in [-0.3, -0.25) is 0 Å². The van der Waals surface area contributed by atoms with Crippen LogP contribution in [0.4, 0.5) is 0 Å². The van der Waals surface area contributed by atoms with E-state index in [1.165, 1.54) is 18.4 Å². The summed E-state index contributed by atoms with van der Waals surface area (Å²) in [6.45, 7) is 0. The average Bonchev–Trinajstić information content (AvgIpc) is 2.54. The number of aliphatic hydroxyl groups is 1. The molecule has 1 aromatic carbocycles. The van der Waals surface area contributed by atoms with E-state index in [9.17, 15) is 5.11 Å². The third-order valence-electron chi connectivity index (χ3n) is 3.76. The molecule has 18 heavy (non-hydrogen) atoms. The van der Waals surface area contributed by atoms with Gasteiger partial charge in [-0.05, 0) is 48.9 Å². The normalized spacial score (nSPS) is 24.6. The predicted octanol–water partition coefficient (Wildman–Crippen LogP) is 3.94. The standard InChI is InChI=1S/C15H21BrO2/c1-18-15-7-6-13(16)10-12(15)8-11-4-2-3-5-14(17)9-11/h6-7,10-11,14,17H,2-5,8-9H2,1H3. The molecule has 1 saturated carbocycles. The molecule has 2 rings (SSSR count). The summed E-state index contributed by atoms with van der Waals surface area (Å²) in [5.41, 5.74) is 1.24. The van der Waals surface area contributed by atoms with Gasteiger partial charge in [0.25, 0.3) is 0 Å². The summed E-state index contributed by atoms with van der Waals surface area (Å²) in [4.78, 5) is 0. The molecular formula is C15H21BrO2. The highest BCUT2D eigenvalue weighted by Crippen LogP contribution is 2.31. The number of aliphatic hydroxyl groups excluding tert-OH is 1. The van der Waals surface area contributed by atoms with Crippen molar-refractivity contribution in [2.75, 3.05) is 7.11 Å². The second-order valence-corrected chi connectivity index (χ2v) is 6.12. The molecule has 3 heteroatoms. The molecule has 0 heterocycles. The first-order valence-corrected chi connectivity index (χ1v) is 7.49. The van der Waals surface area contributed by atoms with Crippen LogP contribution in [-0.4, -0.2) is 18.3 Å². The van der Waals surface area contributed by atoms with Crippen molar-refractivity contribution in [1.82, 2.24) is 0 Å². The number of hydrogen-bond donors (Lipinski definition) is 1. The lowest BCUT2D eigenvalue weighted by atomic mass is 9.91. The summed E-state index contributed by atoms with van der Waals surface area (Å²) in [6, 6.07) is 6.15. The number of methoxy groups -OCH3 is 1. The quantitative estimate of drug-likeness (QED) is 0.857. The zero-order valence-electron chi connectivity index (χ0n) is 10.9. The van der Waals surface area contributed by atoms with E-state index in [4.69, 9.17) is 4.74 Å². The zero-order valence-corrected chi connectivity index (χ0v) is 12.4. The van der Waals surface area contributed by atoms with Crippen LogP contribution in [0.5, 0.6) is 5.75 Å². The van der Waals surface area contributed by atoms with Gasteiger partial charge in [0, 0.05) is 4.47 Å². The Morgan fingerprint density at radius 2 is 2.11 bits per heavy atom. The second kappa shape index (κ2) is 6.58. The van der Waals surface area contributed by atoms with Crippen molar-refractivity contribution in [2.45, 2.75) is 44.6 Å². The Bertz CT molecular complexity index is 392. The zero-order chi connectivity index (χ0) is 13.0. The summed E-state index contributed by atoms with van der Waals surface area (Å²) in [5, 5.41) is 9.88. The smallest absolute Gasteiger partial charge is 0.122 e. The Labute approximate surface area is 117 Å². The molecule has 0 saturated heterocycles. The average molecular weight is 313 g/mol. The van der Waals surface area contributed by atoms with Crippen molar-refractivity contribution in [3.63, 3.8) is 0 Å². The largest absolute Gasteiger partial charge is 0.496 e. The van der Waals surface area contributed by atoms with Crippen LogP contribution in [0.25, 0.3) is 0 Å². The van der Waals surface area contributed by atoms with Gasteiger partial charge in [0.1, 0.15) is 5.75 Å². The van der Waals surface area contributed by atoms with Gasteiger partial charge >= 0.3 is 0 Å². The van der Waals surface area contributed by atoms with Crippen molar-refractivity contribution in [3.05, 3.63) is 28.2 Å². The van der Waals surface area contributed by atoms with Crippen LogP contribution in [0.15, 0.2) is 22.7 Å². The molecule has 0 aromatic heterocycles. The molecule has 2 unspecified atom stereocenters. The molecule has 0 radical (unpaired) electrons. The minimum absolute atomic E-state index is 0.115. The second-order valence-electron chi connectivity index (χ2n) is 5.20. The third kappa shape index (κ3) is 3.72. The Morgan fingerprint density at radius 3 is 2.89 bits per heavy atom.